The fraction of sp³-hybridized carbons (Fsp3) is 0.400. The Morgan fingerprint density at radius 1 is 1.33 bits per heavy atom. The zero-order valence-electron chi connectivity index (χ0n) is 8.28. The van der Waals surface area contributed by atoms with Gasteiger partial charge in [0.15, 0.2) is 0 Å². The Morgan fingerprint density at radius 3 is 2.80 bits per heavy atom. The lowest BCUT2D eigenvalue weighted by atomic mass is 10.3. The van der Waals surface area contributed by atoms with Gasteiger partial charge in [-0.25, -0.2) is 4.31 Å². The fourth-order valence-corrected chi connectivity index (χ4v) is 2.54. The number of nitrogen functional groups attached to an aromatic ring is 1. The molecular formula is C10H13ClN2OS. The smallest absolute Gasteiger partial charge is 0.0603 e. The van der Waals surface area contributed by atoms with Gasteiger partial charge in [-0.2, -0.15) is 0 Å². The van der Waals surface area contributed by atoms with E-state index in [1.165, 1.54) is 0 Å². The number of rotatable bonds is 2. The Balaban J connectivity index is 2.05. The first-order valence-corrected chi connectivity index (χ1v) is 5.96. The zero-order valence-corrected chi connectivity index (χ0v) is 9.85. The first-order chi connectivity index (χ1) is 7.25. The number of morpholine rings is 1. The number of nitrogens with two attached hydrogens (primary N) is 1. The minimum atomic E-state index is 0.746. The van der Waals surface area contributed by atoms with Gasteiger partial charge in [-0.3, -0.25) is 0 Å². The molecule has 0 bridgehead atoms. The van der Waals surface area contributed by atoms with Crippen LogP contribution >= 0.6 is 23.5 Å². The number of hydrogen-bond donors (Lipinski definition) is 1. The van der Waals surface area contributed by atoms with Crippen molar-refractivity contribution in [2.75, 3.05) is 32.0 Å². The minimum absolute atomic E-state index is 0.746. The van der Waals surface area contributed by atoms with E-state index >= 15 is 0 Å². The fourth-order valence-electron chi connectivity index (χ4n) is 1.37. The summed E-state index contributed by atoms with van der Waals surface area (Å²) < 4.78 is 7.52. The number of halogens is 1. The predicted octanol–water partition coefficient (Wildman–Crippen LogP) is 2.26. The Hall–Kier alpha value is -0.420. The predicted molar refractivity (Wildman–Crippen MR) is 64.1 cm³/mol. The van der Waals surface area contributed by atoms with Gasteiger partial charge in [-0.1, -0.05) is 11.6 Å². The molecule has 1 aromatic rings. The summed E-state index contributed by atoms with van der Waals surface area (Å²) in [6.45, 7) is 3.42. The van der Waals surface area contributed by atoms with Crippen LogP contribution in [0.25, 0.3) is 0 Å². The maximum Gasteiger partial charge on any atom is 0.0603 e. The van der Waals surface area contributed by atoms with E-state index in [1.807, 2.05) is 18.2 Å². The zero-order chi connectivity index (χ0) is 10.7. The Morgan fingerprint density at radius 2 is 2.07 bits per heavy atom. The Labute approximate surface area is 98.7 Å². The number of benzene rings is 1. The lowest BCUT2D eigenvalue weighted by Gasteiger charge is -2.25. The van der Waals surface area contributed by atoms with Crippen molar-refractivity contribution in [3.63, 3.8) is 0 Å². The molecule has 1 aromatic carbocycles. The number of ether oxygens (including phenoxy) is 1. The SMILES string of the molecule is Nc1ccc(Cl)c(SN2CCOCC2)c1. The number of nitrogens with zero attached hydrogens (tertiary/aromatic N) is 1. The van der Waals surface area contributed by atoms with E-state index in [0.717, 1.165) is 41.9 Å². The molecule has 1 aliphatic rings. The normalized spacial score (nSPS) is 17.9. The van der Waals surface area contributed by atoms with Crippen molar-refractivity contribution in [2.45, 2.75) is 4.90 Å². The van der Waals surface area contributed by atoms with Gasteiger partial charge in [0.05, 0.1) is 18.2 Å². The van der Waals surface area contributed by atoms with Crippen LogP contribution in [0.5, 0.6) is 0 Å². The number of hydrogen-bond acceptors (Lipinski definition) is 4. The molecule has 3 nitrogen and oxygen atoms in total. The van der Waals surface area contributed by atoms with Crippen molar-refractivity contribution in [3.8, 4) is 0 Å². The standard InChI is InChI=1S/C10H13ClN2OS/c11-9-2-1-8(12)7-10(9)15-13-3-5-14-6-4-13/h1-2,7H,3-6,12H2. The summed E-state index contributed by atoms with van der Waals surface area (Å²) in [6.07, 6.45) is 0. The van der Waals surface area contributed by atoms with Crippen LogP contribution in [0, 0.1) is 0 Å². The molecule has 0 saturated carbocycles. The van der Waals surface area contributed by atoms with Crippen molar-refractivity contribution < 1.29 is 4.74 Å². The second kappa shape index (κ2) is 5.07. The molecule has 0 atom stereocenters. The van der Waals surface area contributed by atoms with Gasteiger partial charge in [0, 0.05) is 23.7 Å². The van der Waals surface area contributed by atoms with Crippen molar-refractivity contribution in [2.24, 2.45) is 0 Å². The summed E-state index contributed by atoms with van der Waals surface area (Å²) in [5, 5.41) is 0.751. The summed E-state index contributed by atoms with van der Waals surface area (Å²) in [4.78, 5) is 1.01. The molecule has 1 saturated heterocycles. The topological polar surface area (TPSA) is 38.5 Å². The van der Waals surface area contributed by atoms with Crippen LogP contribution in [-0.4, -0.2) is 30.6 Å². The molecule has 5 heteroatoms. The summed E-state index contributed by atoms with van der Waals surface area (Å²) >= 11 is 7.73. The lowest BCUT2D eigenvalue weighted by molar-refractivity contribution is 0.0773. The van der Waals surface area contributed by atoms with Gasteiger partial charge in [0.2, 0.25) is 0 Å². The molecule has 0 radical (unpaired) electrons. The highest BCUT2D eigenvalue weighted by molar-refractivity contribution is 7.97. The quantitative estimate of drug-likeness (QED) is 0.640. The van der Waals surface area contributed by atoms with Crippen LogP contribution in [0.2, 0.25) is 5.02 Å². The second-order valence-corrected chi connectivity index (χ2v) is 4.87. The average Bonchev–Trinajstić information content (AvgIpc) is 2.25. The third kappa shape index (κ3) is 3.01. The number of anilines is 1. The first-order valence-electron chi connectivity index (χ1n) is 4.81. The van der Waals surface area contributed by atoms with E-state index in [2.05, 4.69) is 4.31 Å². The minimum Gasteiger partial charge on any atom is -0.399 e. The molecule has 2 rings (SSSR count). The summed E-state index contributed by atoms with van der Waals surface area (Å²) in [5.74, 6) is 0. The molecular weight excluding hydrogens is 232 g/mol. The summed E-state index contributed by atoms with van der Waals surface area (Å²) in [7, 11) is 0. The van der Waals surface area contributed by atoms with Crippen LogP contribution in [0.1, 0.15) is 0 Å². The van der Waals surface area contributed by atoms with E-state index in [9.17, 15) is 0 Å². The highest BCUT2D eigenvalue weighted by atomic mass is 35.5. The Bertz CT molecular complexity index is 342. The lowest BCUT2D eigenvalue weighted by Crippen LogP contribution is -2.30. The van der Waals surface area contributed by atoms with E-state index in [0.29, 0.717) is 0 Å². The highest BCUT2D eigenvalue weighted by Crippen LogP contribution is 2.31. The van der Waals surface area contributed by atoms with Crippen molar-refractivity contribution in [1.29, 1.82) is 0 Å². The van der Waals surface area contributed by atoms with Gasteiger partial charge in [0.25, 0.3) is 0 Å². The molecule has 0 amide bonds. The van der Waals surface area contributed by atoms with Gasteiger partial charge in [-0.05, 0) is 30.1 Å². The van der Waals surface area contributed by atoms with E-state index in [4.69, 9.17) is 22.1 Å². The summed E-state index contributed by atoms with van der Waals surface area (Å²) in [5.41, 5.74) is 6.46. The van der Waals surface area contributed by atoms with Crippen molar-refractivity contribution in [1.82, 2.24) is 4.31 Å². The van der Waals surface area contributed by atoms with E-state index < -0.39 is 0 Å². The largest absolute Gasteiger partial charge is 0.399 e. The van der Waals surface area contributed by atoms with Crippen molar-refractivity contribution in [3.05, 3.63) is 23.2 Å². The Kier molecular flexibility index (Phi) is 3.75. The highest BCUT2D eigenvalue weighted by Gasteiger charge is 2.13. The third-order valence-corrected chi connectivity index (χ3v) is 3.75. The van der Waals surface area contributed by atoms with Crippen LogP contribution in [0.3, 0.4) is 0 Å². The molecule has 82 valence electrons. The van der Waals surface area contributed by atoms with Gasteiger partial charge < -0.3 is 10.5 Å². The van der Waals surface area contributed by atoms with E-state index in [-0.39, 0.29) is 0 Å². The van der Waals surface area contributed by atoms with Crippen molar-refractivity contribution >= 4 is 29.2 Å². The maximum absolute atomic E-state index is 6.08. The van der Waals surface area contributed by atoms with Crippen LogP contribution in [0.4, 0.5) is 5.69 Å². The van der Waals surface area contributed by atoms with Crippen LogP contribution in [-0.2, 0) is 4.74 Å². The second-order valence-electron chi connectivity index (χ2n) is 3.32. The monoisotopic (exact) mass is 244 g/mol. The molecule has 15 heavy (non-hydrogen) atoms. The molecule has 2 N–H and O–H groups in total. The average molecular weight is 245 g/mol. The molecule has 0 aromatic heterocycles. The molecule has 0 spiro atoms. The van der Waals surface area contributed by atoms with E-state index in [1.54, 1.807) is 11.9 Å². The molecule has 1 heterocycles. The molecule has 0 unspecified atom stereocenters. The van der Waals surface area contributed by atoms with Gasteiger partial charge in [-0.15, -0.1) is 0 Å². The maximum atomic E-state index is 6.08. The van der Waals surface area contributed by atoms with Crippen LogP contribution < -0.4 is 5.73 Å². The molecule has 0 aliphatic carbocycles. The third-order valence-electron chi connectivity index (χ3n) is 2.15. The van der Waals surface area contributed by atoms with Gasteiger partial charge in [0.1, 0.15) is 0 Å². The van der Waals surface area contributed by atoms with Gasteiger partial charge >= 0.3 is 0 Å². The van der Waals surface area contributed by atoms with Crippen LogP contribution in [0.15, 0.2) is 23.1 Å². The molecule has 1 aliphatic heterocycles. The first kappa shape index (κ1) is 11.1. The summed E-state index contributed by atoms with van der Waals surface area (Å²) in [6, 6.07) is 5.55. The molecule has 1 fully saturated rings.